The van der Waals surface area contributed by atoms with E-state index in [0.717, 1.165) is 10.4 Å². The lowest BCUT2D eigenvalue weighted by molar-refractivity contribution is -0.126. The van der Waals surface area contributed by atoms with Crippen molar-refractivity contribution in [2.75, 3.05) is 12.0 Å². The van der Waals surface area contributed by atoms with Gasteiger partial charge in [0.25, 0.3) is 0 Å². The smallest absolute Gasteiger partial charge is 0.248 e. The maximum atomic E-state index is 15.0. The second kappa shape index (κ2) is 11.4. The number of hydrogen-bond acceptors (Lipinski definition) is 4. The highest BCUT2D eigenvalue weighted by Gasteiger charge is 2.34. The van der Waals surface area contributed by atoms with E-state index in [0.29, 0.717) is 11.3 Å². The number of anilines is 1. The molecule has 7 heteroatoms. The number of halogens is 1. The standard InChI is InChI=1S/C28H25FN2O3S/c1-34-22-15-13-20(14-16-22)19-30-28(33)27(21-8-3-2-4-9-21)31(25-12-6-5-11-24(25)29)26(32)18-23-10-7-17-35-23/h2-17,27H,18-19H2,1H3,(H,30,33)/t27-/m1/s1. The zero-order valence-corrected chi connectivity index (χ0v) is 20.0. The molecule has 35 heavy (non-hydrogen) atoms. The zero-order chi connectivity index (χ0) is 24.6. The summed E-state index contributed by atoms with van der Waals surface area (Å²) in [7, 11) is 1.59. The summed E-state index contributed by atoms with van der Waals surface area (Å²) < 4.78 is 20.2. The number of nitrogens with zero attached hydrogens (tertiary/aromatic N) is 1. The number of thiophene rings is 1. The summed E-state index contributed by atoms with van der Waals surface area (Å²) in [6.45, 7) is 0.246. The number of amides is 2. The highest BCUT2D eigenvalue weighted by atomic mass is 32.1. The predicted molar refractivity (Wildman–Crippen MR) is 136 cm³/mol. The third kappa shape index (κ3) is 5.94. The molecule has 3 aromatic carbocycles. The van der Waals surface area contributed by atoms with Crippen LogP contribution in [0.25, 0.3) is 0 Å². The lowest BCUT2D eigenvalue weighted by Gasteiger charge is -2.31. The van der Waals surface area contributed by atoms with Crippen molar-refractivity contribution in [1.29, 1.82) is 0 Å². The molecule has 0 fully saturated rings. The molecule has 0 aliphatic rings. The number of methoxy groups -OCH3 is 1. The molecule has 0 spiro atoms. The van der Waals surface area contributed by atoms with E-state index in [-0.39, 0.29) is 24.6 Å². The molecule has 0 unspecified atom stereocenters. The molecule has 5 nitrogen and oxygen atoms in total. The van der Waals surface area contributed by atoms with Crippen LogP contribution in [0.3, 0.4) is 0 Å². The molecule has 0 radical (unpaired) electrons. The Morgan fingerprint density at radius 3 is 2.31 bits per heavy atom. The topological polar surface area (TPSA) is 58.6 Å². The van der Waals surface area contributed by atoms with Gasteiger partial charge in [0.15, 0.2) is 0 Å². The predicted octanol–water partition coefficient (Wildman–Crippen LogP) is 5.53. The van der Waals surface area contributed by atoms with Crippen LogP contribution in [0.2, 0.25) is 0 Å². The first-order valence-corrected chi connectivity index (χ1v) is 12.0. The van der Waals surface area contributed by atoms with Crippen LogP contribution in [0.5, 0.6) is 5.75 Å². The van der Waals surface area contributed by atoms with Gasteiger partial charge in [0.05, 0.1) is 19.2 Å². The highest BCUT2D eigenvalue weighted by molar-refractivity contribution is 7.10. The molecule has 178 valence electrons. The zero-order valence-electron chi connectivity index (χ0n) is 19.2. The van der Waals surface area contributed by atoms with Gasteiger partial charge in [-0.05, 0) is 46.8 Å². The molecular weight excluding hydrogens is 463 g/mol. The lowest BCUT2D eigenvalue weighted by Crippen LogP contribution is -2.44. The van der Waals surface area contributed by atoms with E-state index in [9.17, 15) is 9.59 Å². The summed E-state index contributed by atoms with van der Waals surface area (Å²) in [4.78, 5) is 29.3. The highest BCUT2D eigenvalue weighted by Crippen LogP contribution is 2.31. The Morgan fingerprint density at radius 1 is 0.943 bits per heavy atom. The van der Waals surface area contributed by atoms with Gasteiger partial charge in [-0.15, -0.1) is 11.3 Å². The maximum absolute atomic E-state index is 15.0. The van der Waals surface area contributed by atoms with Crippen molar-refractivity contribution < 1.29 is 18.7 Å². The molecule has 0 aliphatic heterocycles. The van der Waals surface area contributed by atoms with Gasteiger partial charge in [0.2, 0.25) is 11.8 Å². The number of carbonyl (C=O) groups excluding carboxylic acids is 2. The Hall–Kier alpha value is -3.97. The van der Waals surface area contributed by atoms with E-state index in [1.807, 2.05) is 47.8 Å². The van der Waals surface area contributed by atoms with Crippen LogP contribution in [0, 0.1) is 5.82 Å². The monoisotopic (exact) mass is 488 g/mol. The SMILES string of the molecule is COc1ccc(CNC(=O)[C@@H](c2ccccc2)N(C(=O)Cc2cccs2)c2ccccc2F)cc1. The van der Waals surface area contributed by atoms with E-state index < -0.39 is 17.8 Å². The van der Waals surface area contributed by atoms with E-state index in [4.69, 9.17) is 4.74 Å². The molecule has 1 aromatic heterocycles. The number of nitrogens with one attached hydrogen (secondary N) is 1. The molecule has 0 aliphatic carbocycles. The Balaban J connectivity index is 1.69. The van der Waals surface area contributed by atoms with Crippen LogP contribution in [-0.2, 0) is 22.6 Å². The van der Waals surface area contributed by atoms with Gasteiger partial charge in [-0.1, -0.05) is 60.7 Å². The number of benzene rings is 3. The van der Waals surface area contributed by atoms with Crippen LogP contribution >= 0.6 is 11.3 Å². The Morgan fingerprint density at radius 2 is 1.66 bits per heavy atom. The number of hydrogen-bond donors (Lipinski definition) is 1. The minimum absolute atomic E-state index is 0.0566. The number of rotatable bonds is 9. The van der Waals surface area contributed by atoms with E-state index in [2.05, 4.69) is 5.32 Å². The van der Waals surface area contributed by atoms with Crippen LogP contribution in [0.1, 0.15) is 22.0 Å². The summed E-state index contributed by atoms with van der Waals surface area (Å²) >= 11 is 1.44. The third-order valence-electron chi connectivity index (χ3n) is 5.53. The van der Waals surface area contributed by atoms with Crippen molar-refractivity contribution in [3.63, 3.8) is 0 Å². The second-order valence-corrected chi connectivity index (χ2v) is 8.88. The quantitative estimate of drug-likeness (QED) is 0.337. The first kappa shape index (κ1) is 24.2. The first-order chi connectivity index (χ1) is 17.1. The number of para-hydroxylation sites is 1. The summed E-state index contributed by atoms with van der Waals surface area (Å²) in [5.74, 6) is -0.635. The average molecular weight is 489 g/mol. The van der Waals surface area contributed by atoms with Gasteiger partial charge in [-0.2, -0.15) is 0 Å². The van der Waals surface area contributed by atoms with E-state index in [1.165, 1.54) is 28.4 Å². The van der Waals surface area contributed by atoms with Crippen LogP contribution < -0.4 is 15.0 Å². The van der Waals surface area contributed by atoms with Crippen LogP contribution in [0.15, 0.2) is 96.4 Å². The Kier molecular flexibility index (Phi) is 7.90. The molecule has 4 aromatic rings. The summed E-state index contributed by atoms with van der Waals surface area (Å²) in [5, 5.41) is 4.81. The normalized spacial score (nSPS) is 11.5. The molecule has 2 amide bonds. The Labute approximate surface area is 207 Å². The van der Waals surface area contributed by atoms with E-state index >= 15 is 4.39 Å². The molecule has 0 saturated carbocycles. The fourth-order valence-corrected chi connectivity index (χ4v) is 4.49. The van der Waals surface area contributed by atoms with Gasteiger partial charge in [0, 0.05) is 11.4 Å². The van der Waals surface area contributed by atoms with Gasteiger partial charge >= 0.3 is 0 Å². The fourth-order valence-electron chi connectivity index (χ4n) is 3.79. The molecule has 0 bridgehead atoms. The second-order valence-electron chi connectivity index (χ2n) is 7.85. The van der Waals surface area contributed by atoms with E-state index in [1.54, 1.807) is 43.5 Å². The van der Waals surface area contributed by atoms with Crippen molar-refractivity contribution >= 4 is 28.8 Å². The minimum Gasteiger partial charge on any atom is -0.497 e. The van der Waals surface area contributed by atoms with Crippen molar-refractivity contribution in [3.8, 4) is 5.75 Å². The molecule has 1 N–H and O–H groups in total. The van der Waals surface area contributed by atoms with Crippen molar-refractivity contribution in [1.82, 2.24) is 5.32 Å². The summed E-state index contributed by atoms with van der Waals surface area (Å²) in [5.41, 5.74) is 1.51. The number of carbonyl (C=O) groups is 2. The summed E-state index contributed by atoms with van der Waals surface area (Å²) in [6.07, 6.45) is 0.0566. The van der Waals surface area contributed by atoms with Crippen molar-refractivity contribution in [2.24, 2.45) is 0 Å². The molecule has 0 saturated heterocycles. The summed E-state index contributed by atoms with van der Waals surface area (Å²) in [6, 6.07) is 25.0. The lowest BCUT2D eigenvalue weighted by atomic mass is 10.0. The van der Waals surface area contributed by atoms with Gasteiger partial charge < -0.3 is 10.1 Å². The molecular formula is C28H25FN2O3S. The van der Waals surface area contributed by atoms with Crippen LogP contribution in [-0.4, -0.2) is 18.9 Å². The minimum atomic E-state index is -1.06. The third-order valence-corrected chi connectivity index (χ3v) is 6.41. The van der Waals surface area contributed by atoms with Gasteiger partial charge in [-0.3, -0.25) is 14.5 Å². The van der Waals surface area contributed by atoms with Crippen molar-refractivity contribution in [3.05, 3.63) is 118 Å². The first-order valence-electron chi connectivity index (χ1n) is 11.1. The largest absolute Gasteiger partial charge is 0.497 e. The van der Waals surface area contributed by atoms with Crippen molar-refractivity contribution in [2.45, 2.75) is 19.0 Å². The maximum Gasteiger partial charge on any atom is 0.248 e. The van der Waals surface area contributed by atoms with Gasteiger partial charge in [0.1, 0.15) is 17.6 Å². The molecule has 4 rings (SSSR count). The van der Waals surface area contributed by atoms with Gasteiger partial charge in [-0.25, -0.2) is 4.39 Å². The average Bonchev–Trinajstić information content (AvgIpc) is 3.40. The number of ether oxygens (including phenoxy) is 1. The Bertz CT molecular complexity index is 1260. The van der Waals surface area contributed by atoms with Crippen LogP contribution in [0.4, 0.5) is 10.1 Å². The molecule has 1 heterocycles. The molecule has 1 atom stereocenters. The fraction of sp³-hybridized carbons (Fsp3) is 0.143.